The average Bonchev–Trinajstić information content (AvgIpc) is 3.32. The highest BCUT2D eigenvalue weighted by Crippen LogP contribution is 2.30. The summed E-state index contributed by atoms with van der Waals surface area (Å²) >= 11 is 1.45. The molecule has 1 aliphatic heterocycles. The molecule has 148 valence electrons. The number of nitrogens with zero attached hydrogens (tertiary/aromatic N) is 4. The Balaban J connectivity index is 1.44. The molecule has 9 heteroatoms. The second-order valence-corrected chi connectivity index (χ2v) is 8.02. The van der Waals surface area contributed by atoms with Crippen LogP contribution in [0.3, 0.4) is 0 Å². The van der Waals surface area contributed by atoms with Crippen LogP contribution < -0.4 is 5.56 Å². The van der Waals surface area contributed by atoms with Gasteiger partial charge in [-0.05, 0) is 12.1 Å². The third-order valence-corrected chi connectivity index (χ3v) is 5.85. The molecule has 1 amide bonds. The van der Waals surface area contributed by atoms with E-state index < -0.39 is 0 Å². The van der Waals surface area contributed by atoms with E-state index in [0.29, 0.717) is 30.1 Å². The van der Waals surface area contributed by atoms with Crippen molar-refractivity contribution >= 4 is 27.5 Å². The largest absolute Gasteiger partial charge is 0.464 e. The van der Waals surface area contributed by atoms with E-state index in [0.717, 1.165) is 36.6 Å². The summed E-state index contributed by atoms with van der Waals surface area (Å²) in [6, 6.07) is 3.65. The minimum Gasteiger partial charge on any atom is -0.464 e. The molecular formula is C19H23N5O3S. The molecule has 1 saturated heterocycles. The summed E-state index contributed by atoms with van der Waals surface area (Å²) in [6.07, 6.45) is 1.60. The Morgan fingerprint density at radius 3 is 2.71 bits per heavy atom. The number of H-pyrrole nitrogens is 1. The topological polar surface area (TPSA) is 85.7 Å². The SMILES string of the molecule is CN(C)C(=O)CN1CCN(Cc2nc3scc(-c4ccco4)c3c(=O)[nH]2)CC1. The van der Waals surface area contributed by atoms with Gasteiger partial charge in [-0.15, -0.1) is 11.3 Å². The molecule has 4 heterocycles. The molecule has 0 aliphatic carbocycles. The number of amides is 1. The second kappa shape index (κ2) is 7.86. The van der Waals surface area contributed by atoms with Crippen LogP contribution in [0.5, 0.6) is 0 Å². The smallest absolute Gasteiger partial charge is 0.260 e. The fourth-order valence-corrected chi connectivity index (χ4v) is 4.28. The van der Waals surface area contributed by atoms with Crippen molar-refractivity contribution in [3.8, 4) is 11.3 Å². The van der Waals surface area contributed by atoms with Crippen molar-refractivity contribution in [3.05, 3.63) is 40.0 Å². The molecular weight excluding hydrogens is 378 g/mol. The van der Waals surface area contributed by atoms with Crippen molar-refractivity contribution in [3.63, 3.8) is 0 Å². The van der Waals surface area contributed by atoms with Gasteiger partial charge < -0.3 is 14.3 Å². The number of likely N-dealkylation sites (N-methyl/N-ethyl adjacent to an activating group) is 1. The highest BCUT2D eigenvalue weighted by Gasteiger charge is 2.21. The molecule has 1 N–H and O–H groups in total. The quantitative estimate of drug-likeness (QED) is 0.697. The molecule has 0 aromatic carbocycles. The number of fused-ring (bicyclic) bond motifs is 1. The zero-order valence-electron chi connectivity index (χ0n) is 16.0. The monoisotopic (exact) mass is 401 g/mol. The number of furan rings is 1. The number of aromatic amines is 1. The van der Waals surface area contributed by atoms with E-state index in [9.17, 15) is 9.59 Å². The lowest BCUT2D eigenvalue weighted by atomic mass is 10.2. The predicted octanol–water partition coefficient (Wildman–Crippen LogP) is 1.45. The summed E-state index contributed by atoms with van der Waals surface area (Å²) < 4.78 is 5.43. The maximum absolute atomic E-state index is 12.7. The molecule has 3 aromatic heterocycles. The summed E-state index contributed by atoms with van der Waals surface area (Å²) in [5.41, 5.74) is 0.646. The number of rotatable bonds is 5. The van der Waals surface area contributed by atoms with Crippen LogP contribution in [0, 0.1) is 0 Å². The molecule has 1 fully saturated rings. The first-order valence-electron chi connectivity index (χ1n) is 9.20. The predicted molar refractivity (Wildman–Crippen MR) is 108 cm³/mol. The molecule has 0 unspecified atom stereocenters. The first kappa shape index (κ1) is 18.9. The van der Waals surface area contributed by atoms with Crippen molar-refractivity contribution in [2.45, 2.75) is 6.54 Å². The van der Waals surface area contributed by atoms with E-state index in [4.69, 9.17) is 4.42 Å². The van der Waals surface area contributed by atoms with Crippen molar-refractivity contribution < 1.29 is 9.21 Å². The summed E-state index contributed by atoms with van der Waals surface area (Å²) in [4.78, 5) is 38.8. The minimum absolute atomic E-state index is 0.120. The van der Waals surface area contributed by atoms with E-state index in [1.54, 1.807) is 31.3 Å². The molecule has 3 aromatic rings. The van der Waals surface area contributed by atoms with Crippen LogP contribution in [0.4, 0.5) is 0 Å². The summed E-state index contributed by atoms with van der Waals surface area (Å²) in [7, 11) is 3.55. The summed E-state index contributed by atoms with van der Waals surface area (Å²) in [5, 5.41) is 2.49. The molecule has 4 rings (SSSR count). The number of hydrogen-bond acceptors (Lipinski definition) is 7. The van der Waals surface area contributed by atoms with E-state index in [1.165, 1.54) is 11.3 Å². The summed E-state index contributed by atoms with van der Waals surface area (Å²) in [6.45, 7) is 4.37. The van der Waals surface area contributed by atoms with Crippen LogP contribution >= 0.6 is 11.3 Å². The number of piperazine rings is 1. The maximum atomic E-state index is 12.7. The van der Waals surface area contributed by atoms with Gasteiger partial charge in [-0.25, -0.2) is 4.98 Å². The Kier molecular flexibility index (Phi) is 5.29. The van der Waals surface area contributed by atoms with Gasteiger partial charge in [-0.3, -0.25) is 19.4 Å². The highest BCUT2D eigenvalue weighted by atomic mass is 32.1. The first-order valence-corrected chi connectivity index (χ1v) is 10.1. The number of carbonyl (C=O) groups excluding carboxylic acids is 1. The van der Waals surface area contributed by atoms with Gasteiger partial charge in [-0.2, -0.15) is 0 Å². The molecule has 0 spiro atoms. The van der Waals surface area contributed by atoms with Crippen LogP contribution in [0.1, 0.15) is 5.82 Å². The van der Waals surface area contributed by atoms with Gasteiger partial charge in [0.15, 0.2) is 0 Å². The van der Waals surface area contributed by atoms with Gasteiger partial charge >= 0.3 is 0 Å². The van der Waals surface area contributed by atoms with Crippen LogP contribution in [0.15, 0.2) is 33.0 Å². The number of thiophene rings is 1. The van der Waals surface area contributed by atoms with E-state index in [1.807, 2.05) is 11.4 Å². The fourth-order valence-electron chi connectivity index (χ4n) is 3.33. The lowest BCUT2D eigenvalue weighted by Crippen LogP contribution is -2.49. The standard InChI is InChI=1S/C19H23N5O3S/c1-22(2)16(25)11-24-7-5-23(6-8-24)10-15-20-18(26)17-13(12-28-19(17)21-15)14-4-3-9-27-14/h3-4,9,12H,5-8,10-11H2,1-2H3,(H,20,21,26). The number of carbonyl (C=O) groups is 1. The Morgan fingerprint density at radius 2 is 2.04 bits per heavy atom. The molecule has 0 radical (unpaired) electrons. The van der Waals surface area contributed by atoms with Gasteiger partial charge in [0.05, 0.1) is 24.7 Å². The normalized spacial score (nSPS) is 15.9. The third kappa shape index (κ3) is 3.87. The van der Waals surface area contributed by atoms with Crippen LogP contribution in [0.25, 0.3) is 21.5 Å². The van der Waals surface area contributed by atoms with Crippen molar-refractivity contribution in [1.29, 1.82) is 0 Å². The molecule has 8 nitrogen and oxygen atoms in total. The molecule has 28 heavy (non-hydrogen) atoms. The van der Waals surface area contributed by atoms with Crippen molar-refractivity contribution in [2.24, 2.45) is 0 Å². The number of hydrogen-bond donors (Lipinski definition) is 1. The van der Waals surface area contributed by atoms with Gasteiger partial charge in [0, 0.05) is 51.2 Å². The minimum atomic E-state index is -0.136. The Morgan fingerprint density at radius 1 is 1.29 bits per heavy atom. The molecule has 1 aliphatic rings. The zero-order valence-corrected chi connectivity index (χ0v) is 16.8. The van der Waals surface area contributed by atoms with E-state index in [-0.39, 0.29) is 11.5 Å². The third-order valence-electron chi connectivity index (χ3n) is 4.98. The molecule has 0 atom stereocenters. The lowest BCUT2D eigenvalue weighted by Gasteiger charge is -2.34. The van der Waals surface area contributed by atoms with Gasteiger partial charge in [-0.1, -0.05) is 0 Å². The average molecular weight is 401 g/mol. The summed E-state index contributed by atoms with van der Waals surface area (Å²) in [5.74, 6) is 1.47. The Bertz CT molecular complexity index is 1020. The zero-order chi connectivity index (χ0) is 19.7. The van der Waals surface area contributed by atoms with Crippen LogP contribution in [-0.2, 0) is 11.3 Å². The number of aromatic nitrogens is 2. The maximum Gasteiger partial charge on any atom is 0.260 e. The van der Waals surface area contributed by atoms with Gasteiger partial charge in [0.25, 0.3) is 5.56 Å². The van der Waals surface area contributed by atoms with Crippen LogP contribution in [-0.4, -0.2) is 77.4 Å². The van der Waals surface area contributed by atoms with E-state index in [2.05, 4.69) is 19.8 Å². The first-order chi connectivity index (χ1) is 13.5. The second-order valence-electron chi connectivity index (χ2n) is 7.16. The molecule has 0 saturated carbocycles. The fraction of sp³-hybridized carbons (Fsp3) is 0.421. The van der Waals surface area contributed by atoms with Crippen molar-refractivity contribution in [1.82, 2.24) is 24.7 Å². The Labute approximate surface area is 166 Å². The highest BCUT2D eigenvalue weighted by molar-refractivity contribution is 7.17. The van der Waals surface area contributed by atoms with E-state index >= 15 is 0 Å². The van der Waals surface area contributed by atoms with Crippen LogP contribution in [0.2, 0.25) is 0 Å². The number of nitrogens with one attached hydrogen (secondary N) is 1. The van der Waals surface area contributed by atoms with Gasteiger partial charge in [0.2, 0.25) is 5.91 Å². The Hall–Kier alpha value is -2.49. The van der Waals surface area contributed by atoms with Gasteiger partial charge in [0.1, 0.15) is 16.4 Å². The lowest BCUT2D eigenvalue weighted by molar-refractivity contribution is -0.130. The molecule has 0 bridgehead atoms. The van der Waals surface area contributed by atoms with Crippen molar-refractivity contribution in [2.75, 3.05) is 46.8 Å².